The monoisotopic (exact) mass is 403 g/mol. The van der Waals surface area contributed by atoms with Crippen LogP contribution in [0.1, 0.15) is 38.5 Å². The minimum atomic E-state index is -0.695. The third-order valence-electron chi connectivity index (χ3n) is 4.91. The van der Waals surface area contributed by atoms with E-state index in [-0.39, 0.29) is 31.5 Å². The van der Waals surface area contributed by atoms with Crippen LogP contribution in [-0.2, 0) is 19.1 Å². The zero-order chi connectivity index (χ0) is 20.6. The first-order valence-corrected chi connectivity index (χ1v) is 9.81. The number of esters is 1. The van der Waals surface area contributed by atoms with Crippen molar-refractivity contribution in [2.45, 2.75) is 44.6 Å². The molecule has 1 aliphatic carbocycles. The van der Waals surface area contributed by atoms with Gasteiger partial charge in [-0.1, -0.05) is 31.4 Å². The Bertz CT molecular complexity index is 775. The van der Waals surface area contributed by atoms with Gasteiger partial charge >= 0.3 is 12.0 Å². The van der Waals surface area contributed by atoms with Gasteiger partial charge in [0.1, 0.15) is 5.75 Å². The molecular formula is C20H25N3O6. The van der Waals surface area contributed by atoms with Gasteiger partial charge in [0.25, 0.3) is 11.8 Å². The molecule has 0 unspecified atom stereocenters. The summed E-state index contributed by atoms with van der Waals surface area (Å²) in [5.41, 5.74) is 0.591. The summed E-state index contributed by atoms with van der Waals surface area (Å²) in [5, 5.41) is 4.91. The lowest BCUT2D eigenvalue weighted by atomic mass is 9.96. The van der Waals surface area contributed by atoms with Crippen LogP contribution in [0.3, 0.4) is 0 Å². The molecule has 9 nitrogen and oxygen atoms in total. The lowest BCUT2D eigenvalue weighted by Gasteiger charge is -2.28. The number of carbonyl (C=O) groups excluding carboxylic acids is 4. The standard InChI is InChI=1S/C20H25N3O6/c24-17(22-20(27)21-14-6-2-1-3-7-14)12-29-19(26)10-11-23-15-8-4-5-9-16(15)28-13-18(23)25/h4-5,8-9,14H,1-3,6-7,10-13H2,(H2,21,22,24,27). The number of hydrogen-bond donors (Lipinski definition) is 2. The van der Waals surface area contributed by atoms with E-state index in [1.807, 2.05) is 0 Å². The van der Waals surface area contributed by atoms with Crippen LogP contribution in [0.25, 0.3) is 0 Å². The number of hydrogen-bond acceptors (Lipinski definition) is 6. The van der Waals surface area contributed by atoms with E-state index in [1.54, 1.807) is 24.3 Å². The van der Waals surface area contributed by atoms with E-state index >= 15 is 0 Å². The molecule has 0 bridgehead atoms. The number of carbonyl (C=O) groups is 4. The van der Waals surface area contributed by atoms with E-state index in [0.717, 1.165) is 32.1 Å². The Hall–Kier alpha value is -3.10. The molecule has 2 N–H and O–H groups in total. The second-order valence-electron chi connectivity index (χ2n) is 7.07. The topological polar surface area (TPSA) is 114 Å². The van der Waals surface area contributed by atoms with Gasteiger partial charge in [-0.2, -0.15) is 0 Å². The first kappa shape index (κ1) is 20.6. The zero-order valence-corrected chi connectivity index (χ0v) is 16.1. The van der Waals surface area contributed by atoms with E-state index in [0.29, 0.717) is 11.4 Å². The van der Waals surface area contributed by atoms with Gasteiger partial charge in [0.05, 0.1) is 12.1 Å². The summed E-state index contributed by atoms with van der Waals surface area (Å²) >= 11 is 0. The quantitative estimate of drug-likeness (QED) is 0.696. The molecule has 3 rings (SSSR count). The van der Waals surface area contributed by atoms with Crippen molar-refractivity contribution < 1.29 is 28.7 Å². The fourth-order valence-corrected chi connectivity index (χ4v) is 3.45. The van der Waals surface area contributed by atoms with Crippen LogP contribution < -0.4 is 20.3 Å². The molecule has 0 atom stereocenters. The smallest absolute Gasteiger partial charge is 0.321 e. The normalized spacial score (nSPS) is 16.4. The van der Waals surface area contributed by atoms with Gasteiger partial charge in [0, 0.05) is 12.6 Å². The average Bonchev–Trinajstić information content (AvgIpc) is 2.72. The molecule has 9 heteroatoms. The number of imide groups is 1. The molecule has 0 aromatic heterocycles. The van der Waals surface area contributed by atoms with Crippen LogP contribution in [0.15, 0.2) is 24.3 Å². The Morgan fingerprint density at radius 3 is 2.69 bits per heavy atom. The molecule has 1 aromatic rings. The lowest BCUT2D eigenvalue weighted by molar-refractivity contribution is -0.148. The first-order chi connectivity index (χ1) is 14.0. The zero-order valence-electron chi connectivity index (χ0n) is 16.1. The number of benzene rings is 1. The Morgan fingerprint density at radius 1 is 1.14 bits per heavy atom. The third kappa shape index (κ3) is 5.94. The lowest BCUT2D eigenvalue weighted by Crippen LogP contribution is -2.46. The van der Waals surface area contributed by atoms with Gasteiger partial charge in [0.15, 0.2) is 13.2 Å². The second-order valence-corrected chi connectivity index (χ2v) is 7.07. The van der Waals surface area contributed by atoms with Gasteiger partial charge < -0.3 is 19.7 Å². The minimum Gasteiger partial charge on any atom is -0.482 e. The fraction of sp³-hybridized carbons (Fsp3) is 0.500. The molecule has 1 aliphatic heterocycles. The highest BCUT2D eigenvalue weighted by Gasteiger charge is 2.25. The van der Waals surface area contributed by atoms with Crippen LogP contribution in [0.4, 0.5) is 10.5 Å². The molecule has 29 heavy (non-hydrogen) atoms. The van der Waals surface area contributed by atoms with Crippen molar-refractivity contribution in [1.82, 2.24) is 10.6 Å². The molecule has 0 saturated heterocycles. The number of amides is 4. The summed E-state index contributed by atoms with van der Waals surface area (Å²) in [4.78, 5) is 49.1. The number of fused-ring (bicyclic) bond motifs is 1. The number of para-hydroxylation sites is 2. The summed E-state index contributed by atoms with van der Waals surface area (Å²) in [6, 6.07) is 6.55. The number of nitrogens with zero attached hydrogens (tertiary/aromatic N) is 1. The van der Waals surface area contributed by atoms with Crippen molar-refractivity contribution in [3.05, 3.63) is 24.3 Å². The van der Waals surface area contributed by atoms with Crippen molar-refractivity contribution >= 4 is 29.5 Å². The number of anilines is 1. The third-order valence-corrected chi connectivity index (χ3v) is 4.91. The maximum Gasteiger partial charge on any atom is 0.321 e. The Balaban J connectivity index is 1.38. The van der Waals surface area contributed by atoms with E-state index in [4.69, 9.17) is 9.47 Å². The van der Waals surface area contributed by atoms with Gasteiger partial charge in [-0.05, 0) is 25.0 Å². The second kappa shape index (κ2) is 9.90. The average molecular weight is 403 g/mol. The van der Waals surface area contributed by atoms with Gasteiger partial charge in [-0.15, -0.1) is 0 Å². The van der Waals surface area contributed by atoms with Crippen LogP contribution in [0.2, 0.25) is 0 Å². The Labute approximate surface area is 168 Å². The van der Waals surface area contributed by atoms with Crippen molar-refractivity contribution in [1.29, 1.82) is 0 Å². The number of rotatable bonds is 6. The number of urea groups is 1. The molecule has 4 amide bonds. The molecule has 1 heterocycles. The predicted molar refractivity (Wildman–Crippen MR) is 103 cm³/mol. The number of ether oxygens (including phenoxy) is 2. The van der Waals surface area contributed by atoms with Crippen LogP contribution in [0.5, 0.6) is 5.75 Å². The Morgan fingerprint density at radius 2 is 1.90 bits per heavy atom. The highest BCUT2D eigenvalue weighted by atomic mass is 16.5. The van der Waals surface area contributed by atoms with Gasteiger partial charge in [-0.25, -0.2) is 4.79 Å². The van der Waals surface area contributed by atoms with Crippen LogP contribution in [-0.4, -0.2) is 49.6 Å². The summed E-state index contributed by atoms with van der Waals surface area (Å²) in [7, 11) is 0. The largest absolute Gasteiger partial charge is 0.482 e. The van der Waals surface area contributed by atoms with Crippen LogP contribution >= 0.6 is 0 Å². The van der Waals surface area contributed by atoms with Crippen molar-refractivity contribution in [3.8, 4) is 5.75 Å². The molecule has 2 aliphatic rings. The SMILES string of the molecule is O=C(COC(=O)CCN1C(=O)COc2ccccc21)NC(=O)NC1CCCCC1. The van der Waals surface area contributed by atoms with Crippen molar-refractivity contribution in [2.24, 2.45) is 0 Å². The molecule has 1 saturated carbocycles. The first-order valence-electron chi connectivity index (χ1n) is 9.81. The molecule has 1 fully saturated rings. The Kier molecular flexibility index (Phi) is 7.04. The summed E-state index contributed by atoms with van der Waals surface area (Å²) in [6.45, 7) is -0.531. The minimum absolute atomic E-state index is 0.0769. The van der Waals surface area contributed by atoms with Crippen LogP contribution in [0, 0.1) is 0 Å². The summed E-state index contributed by atoms with van der Waals surface area (Å²) in [6.07, 6.45) is 5.01. The number of nitrogens with one attached hydrogen (secondary N) is 2. The van der Waals surface area contributed by atoms with Gasteiger partial charge in [-0.3, -0.25) is 19.7 Å². The fourth-order valence-electron chi connectivity index (χ4n) is 3.45. The van der Waals surface area contributed by atoms with Crippen molar-refractivity contribution in [2.75, 3.05) is 24.7 Å². The molecule has 0 spiro atoms. The van der Waals surface area contributed by atoms with E-state index in [1.165, 1.54) is 4.90 Å². The molecule has 1 aromatic carbocycles. The predicted octanol–water partition coefficient (Wildman–Crippen LogP) is 1.50. The van der Waals surface area contributed by atoms with Gasteiger partial charge in [0.2, 0.25) is 0 Å². The van der Waals surface area contributed by atoms with E-state index in [9.17, 15) is 19.2 Å². The molecule has 156 valence electrons. The highest BCUT2D eigenvalue weighted by molar-refractivity contribution is 5.98. The van der Waals surface area contributed by atoms with E-state index < -0.39 is 24.5 Å². The maximum absolute atomic E-state index is 12.1. The summed E-state index contributed by atoms with van der Waals surface area (Å²) < 4.78 is 10.3. The van der Waals surface area contributed by atoms with Crippen molar-refractivity contribution in [3.63, 3.8) is 0 Å². The molecular weight excluding hydrogens is 378 g/mol. The highest BCUT2D eigenvalue weighted by Crippen LogP contribution is 2.31. The maximum atomic E-state index is 12.1. The summed E-state index contributed by atoms with van der Waals surface area (Å²) in [5.74, 6) is -1.01. The van der Waals surface area contributed by atoms with E-state index in [2.05, 4.69) is 10.6 Å². The molecule has 0 radical (unpaired) electrons.